The van der Waals surface area contributed by atoms with Gasteiger partial charge in [0, 0.05) is 18.9 Å². The number of ether oxygens (including phenoxy) is 1. The number of anilines is 1. The van der Waals surface area contributed by atoms with Crippen molar-refractivity contribution in [2.45, 2.75) is 25.4 Å². The number of alkyl halides is 3. The second-order valence-corrected chi connectivity index (χ2v) is 4.67. The molecule has 1 aliphatic rings. The van der Waals surface area contributed by atoms with Gasteiger partial charge in [0.15, 0.2) is 0 Å². The zero-order valence-corrected chi connectivity index (χ0v) is 9.96. The Morgan fingerprint density at radius 1 is 1.22 bits per heavy atom. The van der Waals surface area contributed by atoms with Crippen LogP contribution in [-0.4, -0.2) is 13.2 Å². The van der Waals surface area contributed by atoms with Crippen molar-refractivity contribution < 1.29 is 17.9 Å². The van der Waals surface area contributed by atoms with E-state index < -0.39 is 11.7 Å². The molecular formula is C13H16F3NO. The summed E-state index contributed by atoms with van der Waals surface area (Å²) in [5.41, 5.74) is 6.16. The first-order valence-electron chi connectivity index (χ1n) is 6.00. The second kappa shape index (κ2) is 5.18. The summed E-state index contributed by atoms with van der Waals surface area (Å²) in [7, 11) is 0. The van der Waals surface area contributed by atoms with Gasteiger partial charge in [-0.1, -0.05) is 0 Å². The van der Waals surface area contributed by atoms with Crippen molar-refractivity contribution in [3.63, 3.8) is 0 Å². The monoisotopic (exact) mass is 259 g/mol. The highest BCUT2D eigenvalue weighted by Crippen LogP contribution is 2.32. The third-order valence-corrected chi connectivity index (χ3v) is 3.32. The Labute approximate surface area is 104 Å². The zero-order valence-electron chi connectivity index (χ0n) is 9.96. The van der Waals surface area contributed by atoms with E-state index in [2.05, 4.69) is 0 Å². The largest absolute Gasteiger partial charge is 0.416 e. The molecule has 0 radical (unpaired) electrons. The summed E-state index contributed by atoms with van der Waals surface area (Å²) in [5.74, 6) is 0.365. The standard InChI is InChI=1S/C13H16F3NO/c14-13(15,16)11-1-2-12(17)10(8-11)7-9-3-5-18-6-4-9/h1-2,8-9H,3-7,17H2. The van der Waals surface area contributed by atoms with Crippen LogP contribution in [0.25, 0.3) is 0 Å². The van der Waals surface area contributed by atoms with E-state index in [-0.39, 0.29) is 0 Å². The van der Waals surface area contributed by atoms with Gasteiger partial charge in [0.25, 0.3) is 0 Å². The predicted molar refractivity (Wildman–Crippen MR) is 63.1 cm³/mol. The fourth-order valence-electron chi connectivity index (χ4n) is 2.22. The molecule has 0 bridgehead atoms. The Kier molecular flexibility index (Phi) is 3.80. The third-order valence-electron chi connectivity index (χ3n) is 3.32. The van der Waals surface area contributed by atoms with Crippen molar-refractivity contribution in [2.24, 2.45) is 5.92 Å². The van der Waals surface area contributed by atoms with Crippen molar-refractivity contribution in [3.8, 4) is 0 Å². The molecule has 0 amide bonds. The Hall–Kier alpha value is -1.23. The number of hydrogen-bond donors (Lipinski definition) is 1. The Morgan fingerprint density at radius 3 is 2.50 bits per heavy atom. The van der Waals surface area contributed by atoms with Gasteiger partial charge < -0.3 is 10.5 Å². The van der Waals surface area contributed by atoms with E-state index in [0.717, 1.165) is 18.9 Å². The number of nitrogens with two attached hydrogens (primary N) is 1. The molecule has 0 saturated carbocycles. The average molecular weight is 259 g/mol. The average Bonchev–Trinajstić information content (AvgIpc) is 2.32. The third kappa shape index (κ3) is 3.16. The lowest BCUT2D eigenvalue weighted by atomic mass is 9.91. The number of halogens is 3. The van der Waals surface area contributed by atoms with Crippen LogP contribution in [0.5, 0.6) is 0 Å². The maximum atomic E-state index is 12.6. The molecule has 0 spiro atoms. The van der Waals surface area contributed by atoms with E-state index in [4.69, 9.17) is 10.5 Å². The molecular weight excluding hydrogens is 243 g/mol. The summed E-state index contributed by atoms with van der Waals surface area (Å²) < 4.78 is 43.1. The van der Waals surface area contributed by atoms with E-state index in [0.29, 0.717) is 36.8 Å². The first-order valence-corrected chi connectivity index (χ1v) is 6.00. The molecule has 0 aromatic heterocycles. The zero-order chi connectivity index (χ0) is 13.2. The normalized spacial score (nSPS) is 17.9. The van der Waals surface area contributed by atoms with Gasteiger partial charge in [-0.3, -0.25) is 0 Å². The maximum Gasteiger partial charge on any atom is 0.416 e. The fraction of sp³-hybridized carbons (Fsp3) is 0.538. The SMILES string of the molecule is Nc1ccc(C(F)(F)F)cc1CC1CCOCC1. The van der Waals surface area contributed by atoms with Gasteiger partial charge in [0.2, 0.25) is 0 Å². The Bertz CT molecular complexity index is 411. The van der Waals surface area contributed by atoms with E-state index in [1.807, 2.05) is 0 Å². The van der Waals surface area contributed by atoms with Crippen LogP contribution in [0.2, 0.25) is 0 Å². The molecule has 1 aromatic rings. The molecule has 1 aromatic carbocycles. The molecule has 18 heavy (non-hydrogen) atoms. The minimum atomic E-state index is -4.31. The molecule has 1 aliphatic heterocycles. The number of benzene rings is 1. The lowest BCUT2D eigenvalue weighted by Crippen LogP contribution is -2.18. The van der Waals surface area contributed by atoms with Crippen molar-refractivity contribution in [3.05, 3.63) is 29.3 Å². The van der Waals surface area contributed by atoms with Crippen LogP contribution >= 0.6 is 0 Å². The summed E-state index contributed by atoms with van der Waals surface area (Å²) in [4.78, 5) is 0. The van der Waals surface area contributed by atoms with Crippen LogP contribution in [0, 0.1) is 5.92 Å². The summed E-state index contributed by atoms with van der Waals surface area (Å²) >= 11 is 0. The quantitative estimate of drug-likeness (QED) is 0.827. The van der Waals surface area contributed by atoms with E-state index in [1.54, 1.807) is 0 Å². The lowest BCUT2D eigenvalue weighted by Gasteiger charge is -2.23. The molecule has 5 heteroatoms. The van der Waals surface area contributed by atoms with Crippen LogP contribution in [-0.2, 0) is 17.3 Å². The van der Waals surface area contributed by atoms with Gasteiger partial charge in [-0.2, -0.15) is 13.2 Å². The first kappa shape index (κ1) is 13.2. The summed E-state index contributed by atoms with van der Waals surface area (Å²) in [6.45, 7) is 1.37. The van der Waals surface area contributed by atoms with Gasteiger partial charge in [-0.15, -0.1) is 0 Å². The number of rotatable bonds is 2. The second-order valence-electron chi connectivity index (χ2n) is 4.67. The highest BCUT2D eigenvalue weighted by atomic mass is 19.4. The summed E-state index contributed by atoms with van der Waals surface area (Å²) in [6.07, 6.45) is -1.94. The van der Waals surface area contributed by atoms with Crippen LogP contribution in [0.3, 0.4) is 0 Å². The molecule has 1 saturated heterocycles. The van der Waals surface area contributed by atoms with Gasteiger partial charge in [0.1, 0.15) is 0 Å². The van der Waals surface area contributed by atoms with Gasteiger partial charge in [0.05, 0.1) is 5.56 Å². The molecule has 0 aliphatic carbocycles. The number of hydrogen-bond acceptors (Lipinski definition) is 2. The van der Waals surface area contributed by atoms with Crippen molar-refractivity contribution >= 4 is 5.69 Å². The highest BCUT2D eigenvalue weighted by molar-refractivity contribution is 5.49. The van der Waals surface area contributed by atoms with E-state index in [1.165, 1.54) is 12.1 Å². The summed E-state index contributed by atoms with van der Waals surface area (Å²) in [6, 6.07) is 3.55. The molecule has 1 heterocycles. The number of nitrogen functional groups attached to an aromatic ring is 1. The van der Waals surface area contributed by atoms with Gasteiger partial charge >= 0.3 is 6.18 Å². The molecule has 2 nitrogen and oxygen atoms in total. The van der Waals surface area contributed by atoms with Crippen LogP contribution in [0.4, 0.5) is 18.9 Å². The van der Waals surface area contributed by atoms with Crippen LogP contribution in [0.15, 0.2) is 18.2 Å². The maximum absolute atomic E-state index is 12.6. The topological polar surface area (TPSA) is 35.2 Å². The van der Waals surface area contributed by atoms with Crippen molar-refractivity contribution in [1.82, 2.24) is 0 Å². The molecule has 2 N–H and O–H groups in total. The molecule has 0 unspecified atom stereocenters. The minimum Gasteiger partial charge on any atom is -0.399 e. The molecule has 2 rings (SSSR count). The highest BCUT2D eigenvalue weighted by Gasteiger charge is 2.31. The smallest absolute Gasteiger partial charge is 0.399 e. The fourth-order valence-corrected chi connectivity index (χ4v) is 2.22. The molecule has 1 fully saturated rings. The van der Waals surface area contributed by atoms with Gasteiger partial charge in [-0.05, 0) is 48.9 Å². The van der Waals surface area contributed by atoms with Gasteiger partial charge in [-0.25, -0.2) is 0 Å². The van der Waals surface area contributed by atoms with E-state index >= 15 is 0 Å². The summed E-state index contributed by atoms with van der Waals surface area (Å²) in [5, 5.41) is 0. The van der Waals surface area contributed by atoms with Crippen molar-refractivity contribution in [1.29, 1.82) is 0 Å². The lowest BCUT2D eigenvalue weighted by molar-refractivity contribution is -0.137. The molecule has 0 atom stereocenters. The Morgan fingerprint density at radius 2 is 1.89 bits per heavy atom. The predicted octanol–water partition coefficient (Wildman–Crippen LogP) is 3.26. The first-order chi connectivity index (χ1) is 8.47. The van der Waals surface area contributed by atoms with Crippen molar-refractivity contribution in [2.75, 3.05) is 18.9 Å². The van der Waals surface area contributed by atoms with Crippen LogP contribution in [0.1, 0.15) is 24.0 Å². The minimum absolute atomic E-state index is 0.365. The Balaban J connectivity index is 2.15. The van der Waals surface area contributed by atoms with Crippen LogP contribution < -0.4 is 5.73 Å². The molecule has 100 valence electrons. The van der Waals surface area contributed by atoms with E-state index in [9.17, 15) is 13.2 Å².